The topological polar surface area (TPSA) is 61.9 Å². The van der Waals surface area contributed by atoms with Gasteiger partial charge in [0, 0.05) is 25.7 Å². The van der Waals surface area contributed by atoms with Crippen LogP contribution in [0.2, 0.25) is 0 Å². The zero-order valence-corrected chi connectivity index (χ0v) is 14.8. The third kappa shape index (κ3) is 4.76. The summed E-state index contributed by atoms with van der Waals surface area (Å²) in [6, 6.07) is 2.08. The largest absolute Gasteiger partial charge is 0.462 e. The molecule has 1 aromatic rings. The SMILES string of the molecule is CCOC(=O)c1ccsc1NC(=O)CN1CCN(C)C[C@H]1CC. The fraction of sp³-hybridized carbons (Fsp3) is 0.625. The zero-order valence-electron chi connectivity index (χ0n) is 14.0. The molecule has 2 rings (SSSR count). The van der Waals surface area contributed by atoms with Gasteiger partial charge in [-0.3, -0.25) is 9.69 Å². The summed E-state index contributed by atoms with van der Waals surface area (Å²) < 4.78 is 5.01. The van der Waals surface area contributed by atoms with Crippen molar-refractivity contribution in [1.29, 1.82) is 0 Å². The summed E-state index contributed by atoms with van der Waals surface area (Å²) >= 11 is 1.34. The number of anilines is 1. The molecular formula is C16H25N3O3S. The van der Waals surface area contributed by atoms with Gasteiger partial charge in [-0.25, -0.2) is 4.79 Å². The highest BCUT2D eigenvalue weighted by Gasteiger charge is 2.26. The van der Waals surface area contributed by atoms with Gasteiger partial charge >= 0.3 is 5.97 Å². The van der Waals surface area contributed by atoms with Gasteiger partial charge in [0.05, 0.1) is 18.7 Å². The number of likely N-dealkylation sites (N-methyl/N-ethyl adjacent to an activating group) is 1. The lowest BCUT2D eigenvalue weighted by atomic mass is 10.1. The van der Waals surface area contributed by atoms with Gasteiger partial charge in [0.25, 0.3) is 0 Å². The molecule has 0 spiro atoms. The van der Waals surface area contributed by atoms with E-state index in [9.17, 15) is 9.59 Å². The number of amides is 1. The molecule has 1 fully saturated rings. The van der Waals surface area contributed by atoms with E-state index in [4.69, 9.17) is 4.74 Å². The number of thiophene rings is 1. The lowest BCUT2D eigenvalue weighted by Crippen LogP contribution is -2.53. The van der Waals surface area contributed by atoms with E-state index >= 15 is 0 Å². The molecule has 0 aromatic carbocycles. The van der Waals surface area contributed by atoms with Gasteiger partial charge in [-0.2, -0.15) is 0 Å². The first-order valence-corrected chi connectivity index (χ1v) is 8.90. The van der Waals surface area contributed by atoms with Crippen LogP contribution in [-0.2, 0) is 9.53 Å². The molecule has 1 aliphatic heterocycles. The summed E-state index contributed by atoms with van der Waals surface area (Å²) in [6.07, 6.45) is 1.02. The number of carbonyl (C=O) groups excluding carboxylic acids is 2. The van der Waals surface area contributed by atoms with Crippen LogP contribution in [0.1, 0.15) is 30.6 Å². The van der Waals surface area contributed by atoms with Gasteiger partial charge in [0.15, 0.2) is 0 Å². The van der Waals surface area contributed by atoms with Gasteiger partial charge in [0.2, 0.25) is 5.91 Å². The standard InChI is InChI=1S/C16H25N3O3S/c1-4-12-10-18(3)7-8-19(12)11-14(20)17-15-13(6-9-23-15)16(21)22-5-2/h6,9,12H,4-5,7-8,10-11H2,1-3H3,(H,17,20)/t12-/m1/s1. The normalized spacial score (nSPS) is 19.5. The predicted octanol–water partition coefficient (Wildman–Crippen LogP) is 1.89. The van der Waals surface area contributed by atoms with E-state index in [1.165, 1.54) is 11.3 Å². The van der Waals surface area contributed by atoms with Crippen molar-refractivity contribution >= 4 is 28.2 Å². The van der Waals surface area contributed by atoms with Crippen LogP contribution >= 0.6 is 11.3 Å². The molecule has 0 radical (unpaired) electrons. The van der Waals surface area contributed by atoms with Crippen LogP contribution in [0.15, 0.2) is 11.4 Å². The van der Waals surface area contributed by atoms with Gasteiger partial charge in [-0.15, -0.1) is 11.3 Å². The summed E-state index contributed by atoms with van der Waals surface area (Å²) in [5, 5.41) is 5.21. The van der Waals surface area contributed by atoms with Crippen molar-refractivity contribution in [1.82, 2.24) is 9.80 Å². The molecule has 1 amide bonds. The van der Waals surface area contributed by atoms with Crippen molar-refractivity contribution in [3.8, 4) is 0 Å². The third-order valence-electron chi connectivity index (χ3n) is 4.04. The summed E-state index contributed by atoms with van der Waals surface area (Å²) in [5.41, 5.74) is 0.426. The minimum absolute atomic E-state index is 0.0824. The molecular weight excluding hydrogens is 314 g/mol. The average molecular weight is 339 g/mol. The van der Waals surface area contributed by atoms with E-state index in [1.807, 2.05) is 0 Å². The molecule has 7 heteroatoms. The first-order valence-electron chi connectivity index (χ1n) is 8.02. The fourth-order valence-corrected chi connectivity index (χ4v) is 3.56. The Morgan fingerprint density at radius 3 is 2.87 bits per heavy atom. The summed E-state index contributed by atoms with van der Waals surface area (Å²) in [6.45, 7) is 7.42. The Balaban J connectivity index is 1.95. The van der Waals surface area contributed by atoms with Gasteiger partial charge < -0.3 is 15.0 Å². The smallest absolute Gasteiger partial charge is 0.341 e. The van der Waals surface area contributed by atoms with Crippen LogP contribution in [0.3, 0.4) is 0 Å². The van der Waals surface area contributed by atoms with Crippen LogP contribution < -0.4 is 5.32 Å². The van der Waals surface area contributed by atoms with E-state index in [0.717, 1.165) is 26.1 Å². The molecule has 1 saturated heterocycles. The molecule has 0 unspecified atom stereocenters. The Labute approximate surface area is 141 Å². The minimum Gasteiger partial charge on any atom is -0.462 e. The monoisotopic (exact) mass is 339 g/mol. The molecule has 1 aliphatic rings. The highest BCUT2D eigenvalue weighted by molar-refractivity contribution is 7.14. The Morgan fingerprint density at radius 1 is 1.39 bits per heavy atom. The number of ether oxygens (including phenoxy) is 1. The molecule has 2 heterocycles. The van der Waals surface area contributed by atoms with E-state index in [-0.39, 0.29) is 5.91 Å². The summed E-state index contributed by atoms with van der Waals surface area (Å²) in [7, 11) is 2.11. The molecule has 1 N–H and O–H groups in total. The van der Waals surface area contributed by atoms with Crippen LogP contribution in [0.5, 0.6) is 0 Å². The Kier molecular flexibility index (Phi) is 6.56. The van der Waals surface area contributed by atoms with Crippen molar-refractivity contribution in [2.75, 3.05) is 45.2 Å². The maximum absolute atomic E-state index is 12.3. The second kappa shape index (κ2) is 8.42. The second-order valence-electron chi connectivity index (χ2n) is 5.73. The molecule has 1 aromatic heterocycles. The number of piperazine rings is 1. The van der Waals surface area contributed by atoms with E-state index in [1.54, 1.807) is 18.4 Å². The highest BCUT2D eigenvalue weighted by Crippen LogP contribution is 2.24. The van der Waals surface area contributed by atoms with Crippen molar-refractivity contribution in [3.63, 3.8) is 0 Å². The summed E-state index contributed by atoms with van der Waals surface area (Å²) in [4.78, 5) is 28.7. The maximum Gasteiger partial charge on any atom is 0.341 e. The number of carbonyl (C=O) groups is 2. The quantitative estimate of drug-likeness (QED) is 0.802. The summed E-state index contributed by atoms with van der Waals surface area (Å²) in [5.74, 6) is -0.476. The number of esters is 1. The molecule has 0 saturated carbocycles. The Morgan fingerprint density at radius 2 is 2.17 bits per heavy atom. The maximum atomic E-state index is 12.3. The molecule has 6 nitrogen and oxygen atoms in total. The molecule has 23 heavy (non-hydrogen) atoms. The van der Waals surface area contributed by atoms with E-state index in [2.05, 4.69) is 29.1 Å². The number of hydrogen-bond donors (Lipinski definition) is 1. The lowest BCUT2D eigenvalue weighted by Gasteiger charge is -2.39. The van der Waals surface area contributed by atoms with E-state index < -0.39 is 5.97 Å². The Bertz CT molecular complexity index is 546. The van der Waals surface area contributed by atoms with Crippen LogP contribution in [0, 0.1) is 0 Å². The van der Waals surface area contributed by atoms with Crippen molar-refractivity contribution in [3.05, 3.63) is 17.0 Å². The number of rotatable bonds is 6. The first-order chi connectivity index (χ1) is 11.0. The van der Waals surface area contributed by atoms with E-state index in [0.29, 0.717) is 29.8 Å². The third-order valence-corrected chi connectivity index (χ3v) is 4.87. The average Bonchev–Trinajstić information content (AvgIpc) is 2.97. The predicted molar refractivity (Wildman–Crippen MR) is 92.1 cm³/mol. The van der Waals surface area contributed by atoms with Gasteiger partial charge in [0.1, 0.15) is 5.00 Å². The van der Waals surface area contributed by atoms with Crippen LogP contribution in [-0.4, -0.2) is 67.6 Å². The number of hydrogen-bond acceptors (Lipinski definition) is 6. The molecule has 0 aliphatic carbocycles. The zero-order chi connectivity index (χ0) is 16.8. The number of nitrogens with zero attached hydrogens (tertiary/aromatic N) is 2. The van der Waals surface area contributed by atoms with Crippen LogP contribution in [0.25, 0.3) is 0 Å². The second-order valence-corrected chi connectivity index (χ2v) is 6.64. The van der Waals surface area contributed by atoms with Crippen LogP contribution in [0.4, 0.5) is 5.00 Å². The van der Waals surface area contributed by atoms with Crippen molar-refractivity contribution in [2.45, 2.75) is 26.3 Å². The van der Waals surface area contributed by atoms with Gasteiger partial charge in [-0.1, -0.05) is 6.92 Å². The van der Waals surface area contributed by atoms with Crippen molar-refractivity contribution in [2.24, 2.45) is 0 Å². The Hall–Kier alpha value is -1.44. The molecule has 128 valence electrons. The molecule has 1 atom stereocenters. The minimum atomic E-state index is -0.393. The first kappa shape index (κ1) is 17.9. The lowest BCUT2D eigenvalue weighted by molar-refractivity contribution is -0.118. The van der Waals surface area contributed by atoms with Crippen molar-refractivity contribution < 1.29 is 14.3 Å². The molecule has 0 bridgehead atoms. The fourth-order valence-electron chi connectivity index (χ4n) is 2.77. The van der Waals surface area contributed by atoms with Gasteiger partial charge in [-0.05, 0) is 31.8 Å². The highest BCUT2D eigenvalue weighted by atomic mass is 32.1. The number of nitrogens with one attached hydrogen (secondary N) is 1.